The van der Waals surface area contributed by atoms with Crippen molar-refractivity contribution in [2.75, 3.05) is 18.0 Å². The van der Waals surface area contributed by atoms with Gasteiger partial charge in [-0.2, -0.15) is 0 Å². The van der Waals surface area contributed by atoms with Gasteiger partial charge in [0.25, 0.3) is 0 Å². The number of ether oxygens (including phenoxy) is 1. The van der Waals surface area contributed by atoms with E-state index in [1.165, 1.54) is 0 Å². The van der Waals surface area contributed by atoms with Crippen LogP contribution in [0.25, 0.3) is 11.4 Å². The number of alkyl carbamates (subject to hydrolysis) is 1. The maximum atomic E-state index is 11.9. The zero-order valence-electron chi connectivity index (χ0n) is 15.6. The minimum absolute atomic E-state index is 0.209. The first-order valence-corrected chi connectivity index (χ1v) is 9.04. The Labute approximate surface area is 154 Å². The maximum Gasteiger partial charge on any atom is 0.407 e. The number of nitrogens with one attached hydrogen (secondary N) is 1. The highest BCUT2D eigenvalue weighted by Gasteiger charge is 2.27. The summed E-state index contributed by atoms with van der Waals surface area (Å²) in [5.74, 6) is 1.61. The Morgan fingerprint density at radius 1 is 1.27 bits per heavy atom. The van der Waals surface area contributed by atoms with Crippen molar-refractivity contribution >= 4 is 11.9 Å². The van der Waals surface area contributed by atoms with Crippen molar-refractivity contribution in [3.63, 3.8) is 0 Å². The number of carbonyl (C=O) groups is 1. The van der Waals surface area contributed by atoms with Crippen molar-refractivity contribution in [2.24, 2.45) is 0 Å². The number of aromatic nitrogens is 2. The summed E-state index contributed by atoms with van der Waals surface area (Å²) in [5.41, 5.74) is 0.508. The minimum atomic E-state index is -0.489. The third kappa shape index (κ3) is 4.71. The van der Waals surface area contributed by atoms with Gasteiger partial charge < -0.3 is 15.0 Å². The van der Waals surface area contributed by atoms with Crippen molar-refractivity contribution in [3.8, 4) is 11.4 Å². The molecule has 0 radical (unpaired) electrons. The molecule has 6 nitrogen and oxygen atoms in total. The molecule has 0 saturated carbocycles. The number of amides is 1. The first-order valence-electron chi connectivity index (χ1n) is 9.04. The molecule has 138 valence electrons. The Morgan fingerprint density at radius 3 is 2.77 bits per heavy atom. The molecule has 3 rings (SSSR count). The highest BCUT2D eigenvalue weighted by molar-refractivity contribution is 5.67. The molecule has 1 aromatic heterocycles. The lowest BCUT2D eigenvalue weighted by Gasteiger charge is -2.27. The van der Waals surface area contributed by atoms with Crippen LogP contribution in [0, 0.1) is 0 Å². The Hall–Kier alpha value is -2.63. The summed E-state index contributed by atoms with van der Waals surface area (Å²) in [6.45, 7) is 7.05. The smallest absolute Gasteiger partial charge is 0.407 e. The first-order chi connectivity index (χ1) is 12.4. The summed E-state index contributed by atoms with van der Waals surface area (Å²) in [6.07, 6.45) is 3.50. The van der Waals surface area contributed by atoms with E-state index < -0.39 is 5.60 Å². The lowest BCUT2D eigenvalue weighted by molar-refractivity contribution is 0.0525. The van der Waals surface area contributed by atoms with E-state index in [2.05, 4.69) is 15.2 Å². The van der Waals surface area contributed by atoms with Gasteiger partial charge in [0.2, 0.25) is 0 Å². The van der Waals surface area contributed by atoms with Crippen LogP contribution < -0.4 is 10.2 Å². The van der Waals surface area contributed by atoms with Gasteiger partial charge in [-0.15, -0.1) is 0 Å². The molecule has 2 heterocycles. The number of rotatable bonds is 4. The predicted molar refractivity (Wildman–Crippen MR) is 102 cm³/mol. The molecule has 1 aliphatic heterocycles. The van der Waals surface area contributed by atoms with E-state index in [4.69, 9.17) is 9.72 Å². The largest absolute Gasteiger partial charge is 0.444 e. The molecule has 26 heavy (non-hydrogen) atoms. The van der Waals surface area contributed by atoms with E-state index in [0.29, 0.717) is 12.4 Å². The molecule has 6 heteroatoms. The third-order valence-corrected chi connectivity index (χ3v) is 4.23. The molecule has 1 unspecified atom stereocenters. The average Bonchev–Trinajstić information content (AvgIpc) is 3.08. The van der Waals surface area contributed by atoms with Gasteiger partial charge in [-0.3, -0.25) is 0 Å². The zero-order chi connectivity index (χ0) is 18.6. The maximum absolute atomic E-state index is 11.9. The van der Waals surface area contributed by atoms with E-state index in [9.17, 15) is 4.79 Å². The normalized spacial score (nSPS) is 17.2. The molecule has 1 fully saturated rings. The summed E-state index contributed by atoms with van der Waals surface area (Å²) in [4.78, 5) is 23.3. The monoisotopic (exact) mass is 354 g/mol. The summed E-state index contributed by atoms with van der Waals surface area (Å²) in [6, 6.07) is 12.1. The second kappa shape index (κ2) is 7.72. The summed E-state index contributed by atoms with van der Waals surface area (Å²) >= 11 is 0. The Morgan fingerprint density at radius 2 is 2.04 bits per heavy atom. The Kier molecular flexibility index (Phi) is 5.40. The van der Waals surface area contributed by atoms with Gasteiger partial charge in [0, 0.05) is 30.9 Å². The standard InChI is InChI=1S/C20H26N4O2/c1-20(2,3)26-19(25)22-14-16-10-7-13-24(16)17-11-12-21-18(23-17)15-8-5-4-6-9-15/h4-6,8-9,11-12,16H,7,10,13-14H2,1-3H3,(H,22,25). The van der Waals surface area contributed by atoms with Crippen LogP contribution in [0.2, 0.25) is 0 Å². The lowest BCUT2D eigenvalue weighted by atomic mass is 10.2. The molecule has 2 aromatic rings. The average molecular weight is 354 g/mol. The van der Waals surface area contributed by atoms with E-state index >= 15 is 0 Å². The lowest BCUT2D eigenvalue weighted by Crippen LogP contribution is -2.42. The van der Waals surface area contributed by atoms with E-state index in [0.717, 1.165) is 30.8 Å². The molecule has 0 aliphatic carbocycles. The van der Waals surface area contributed by atoms with Gasteiger partial charge >= 0.3 is 6.09 Å². The molecule has 1 N–H and O–H groups in total. The van der Waals surface area contributed by atoms with Crippen LogP contribution in [0.1, 0.15) is 33.6 Å². The van der Waals surface area contributed by atoms with Crippen LogP contribution >= 0.6 is 0 Å². The molecule has 1 aliphatic rings. The van der Waals surface area contributed by atoms with E-state index in [1.54, 1.807) is 6.20 Å². The highest BCUT2D eigenvalue weighted by atomic mass is 16.6. The number of nitrogens with zero attached hydrogens (tertiary/aromatic N) is 3. The molecular formula is C20H26N4O2. The number of hydrogen-bond donors (Lipinski definition) is 1. The SMILES string of the molecule is CC(C)(C)OC(=O)NCC1CCCN1c1ccnc(-c2ccccc2)n1. The molecule has 1 amide bonds. The van der Waals surface area contributed by atoms with Crippen LogP contribution in [0.15, 0.2) is 42.6 Å². The van der Waals surface area contributed by atoms with Crippen molar-refractivity contribution in [3.05, 3.63) is 42.6 Å². The van der Waals surface area contributed by atoms with Crippen molar-refractivity contribution in [1.82, 2.24) is 15.3 Å². The van der Waals surface area contributed by atoms with Crippen LogP contribution in [0.4, 0.5) is 10.6 Å². The van der Waals surface area contributed by atoms with Crippen molar-refractivity contribution in [1.29, 1.82) is 0 Å². The minimum Gasteiger partial charge on any atom is -0.444 e. The summed E-state index contributed by atoms with van der Waals surface area (Å²) in [5, 5.41) is 2.88. The fourth-order valence-electron chi connectivity index (χ4n) is 3.10. The van der Waals surface area contributed by atoms with E-state index in [-0.39, 0.29) is 12.1 Å². The molecule has 0 spiro atoms. The van der Waals surface area contributed by atoms with E-state index in [1.807, 2.05) is 57.2 Å². The molecular weight excluding hydrogens is 328 g/mol. The highest BCUT2D eigenvalue weighted by Crippen LogP contribution is 2.25. The van der Waals surface area contributed by atoms with Crippen LogP contribution in [0.3, 0.4) is 0 Å². The molecule has 1 atom stereocenters. The van der Waals surface area contributed by atoms with Crippen LogP contribution in [0.5, 0.6) is 0 Å². The topological polar surface area (TPSA) is 67.3 Å². The Bertz CT molecular complexity index is 743. The third-order valence-electron chi connectivity index (χ3n) is 4.23. The Balaban J connectivity index is 1.68. The second-order valence-electron chi connectivity index (χ2n) is 7.48. The van der Waals surface area contributed by atoms with Gasteiger partial charge in [0.05, 0.1) is 0 Å². The quantitative estimate of drug-likeness (QED) is 0.908. The van der Waals surface area contributed by atoms with Gasteiger partial charge in [-0.05, 0) is 39.7 Å². The second-order valence-corrected chi connectivity index (χ2v) is 7.48. The van der Waals surface area contributed by atoms with Crippen LogP contribution in [-0.4, -0.2) is 40.8 Å². The molecule has 1 aromatic carbocycles. The number of benzene rings is 1. The number of carbonyl (C=O) groups excluding carboxylic acids is 1. The summed E-state index contributed by atoms with van der Waals surface area (Å²) < 4.78 is 5.32. The molecule has 1 saturated heterocycles. The van der Waals surface area contributed by atoms with Crippen molar-refractivity contribution < 1.29 is 9.53 Å². The fraction of sp³-hybridized carbons (Fsp3) is 0.450. The molecule has 0 bridgehead atoms. The van der Waals surface area contributed by atoms with Gasteiger partial charge in [0.15, 0.2) is 5.82 Å². The predicted octanol–water partition coefficient (Wildman–Crippen LogP) is 3.64. The number of anilines is 1. The van der Waals surface area contributed by atoms with Gasteiger partial charge in [0.1, 0.15) is 11.4 Å². The summed E-state index contributed by atoms with van der Waals surface area (Å²) in [7, 11) is 0. The number of hydrogen-bond acceptors (Lipinski definition) is 5. The van der Waals surface area contributed by atoms with Crippen molar-refractivity contribution in [2.45, 2.75) is 45.3 Å². The first kappa shape index (κ1) is 18.2. The van der Waals surface area contributed by atoms with Gasteiger partial charge in [-0.25, -0.2) is 14.8 Å². The fourth-order valence-corrected chi connectivity index (χ4v) is 3.10. The zero-order valence-corrected chi connectivity index (χ0v) is 15.6. The van der Waals surface area contributed by atoms with Gasteiger partial charge in [-0.1, -0.05) is 30.3 Å². The van der Waals surface area contributed by atoms with Crippen LogP contribution in [-0.2, 0) is 4.74 Å².